The standard InChI is InChI=1S/C15H21FN2O.ClH/c1-19-15-5-2-10(6-13(15)16)7-18-8-11-3-4-14(17)12(11)9-18;/h2,5-6,11-12,14H,3-4,7-9,17H2,1H3;1H. The van der Waals surface area contributed by atoms with Crippen LogP contribution in [0.15, 0.2) is 18.2 Å². The third kappa shape index (κ3) is 2.92. The van der Waals surface area contributed by atoms with E-state index in [9.17, 15) is 4.39 Å². The van der Waals surface area contributed by atoms with Gasteiger partial charge < -0.3 is 10.5 Å². The minimum Gasteiger partial charge on any atom is -0.494 e. The zero-order valence-corrected chi connectivity index (χ0v) is 12.5. The first-order valence-electron chi connectivity index (χ1n) is 6.97. The summed E-state index contributed by atoms with van der Waals surface area (Å²) < 4.78 is 18.6. The molecule has 0 aromatic heterocycles. The normalized spacial score (nSPS) is 29.1. The molecule has 3 rings (SSSR count). The van der Waals surface area contributed by atoms with Crippen molar-refractivity contribution in [2.45, 2.75) is 25.4 Å². The topological polar surface area (TPSA) is 38.5 Å². The van der Waals surface area contributed by atoms with E-state index in [2.05, 4.69) is 4.90 Å². The van der Waals surface area contributed by atoms with Crippen LogP contribution in [0.3, 0.4) is 0 Å². The van der Waals surface area contributed by atoms with E-state index in [1.807, 2.05) is 6.07 Å². The molecule has 1 heterocycles. The molecule has 0 amide bonds. The number of hydrogen-bond acceptors (Lipinski definition) is 3. The van der Waals surface area contributed by atoms with E-state index < -0.39 is 0 Å². The second-order valence-electron chi connectivity index (χ2n) is 5.83. The SMILES string of the molecule is COc1ccc(CN2CC3CCC(N)C3C2)cc1F.Cl. The summed E-state index contributed by atoms with van der Waals surface area (Å²) in [6, 6.07) is 5.58. The van der Waals surface area contributed by atoms with Crippen LogP contribution >= 0.6 is 12.4 Å². The maximum atomic E-state index is 13.7. The monoisotopic (exact) mass is 300 g/mol. The average molecular weight is 301 g/mol. The van der Waals surface area contributed by atoms with Crippen LogP contribution in [-0.4, -0.2) is 31.1 Å². The lowest BCUT2D eigenvalue weighted by Gasteiger charge is -2.18. The second-order valence-corrected chi connectivity index (χ2v) is 5.83. The van der Waals surface area contributed by atoms with Gasteiger partial charge in [-0.05, 0) is 42.4 Å². The van der Waals surface area contributed by atoms with Crippen LogP contribution in [-0.2, 0) is 6.54 Å². The zero-order valence-electron chi connectivity index (χ0n) is 11.7. The van der Waals surface area contributed by atoms with E-state index in [1.54, 1.807) is 12.1 Å². The Hall–Kier alpha value is -0.840. The van der Waals surface area contributed by atoms with Crippen molar-refractivity contribution in [3.8, 4) is 5.75 Å². The van der Waals surface area contributed by atoms with Gasteiger partial charge in [-0.1, -0.05) is 6.07 Å². The van der Waals surface area contributed by atoms with Gasteiger partial charge in [-0.25, -0.2) is 4.39 Å². The predicted octanol–water partition coefficient (Wildman–Crippen LogP) is 2.43. The summed E-state index contributed by atoms with van der Waals surface area (Å²) in [4.78, 5) is 2.40. The molecule has 2 fully saturated rings. The molecule has 1 aliphatic carbocycles. The molecule has 20 heavy (non-hydrogen) atoms. The van der Waals surface area contributed by atoms with Gasteiger partial charge in [0.05, 0.1) is 7.11 Å². The van der Waals surface area contributed by atoms with Crippen molar-refractivity contribution >= 4 is 12.4 Å². The molecule has 3 unspecified atom stereocenters. The van der Waals surface area contributed by atoms with E-state index in [0.29, 0.717) is 17.7 Å². The van der Waals surface area contributed by atoms with Crippen LogP contribution in [0.2, 0.25) is 0 Å². The number of halogens is 2. The number of benzene rings is 1. The number of ether oxygens (including phenoxy) is 1. The van der Waals surface area contributed by atoms with Gasteiger partial charge >= 0.3 is 0 Å². The first kappa shape index (κ1) is 15.5. The van der Waals surface area contributed by atoms with E-state index in [-0.39, 0.29) is 18.2 Å². The molecule has 1 saturated heterocycles. The van der Waals surface area contributed by atoms with Crippen LogP contribution < -0.4 is 10.5 Å². The highest BCUT2D eigenvalue weighted by Gasteiger charge is 2.40. The average Bonchev–Trinajstić information content (AvgIpc) is 2.92. The largest absolute Gasteiger partial charge is 0.494 e. The molecular formula is C15H22ClFN2O. The second kappa shape index (κ2) is 6.29. The van der Waals surface area contributed by atoms with Gasteiger partial charge in [0.25, 0.3) is 0 Å². The smallest absolute Gasteiger partial charge is 0.165 e. The van der Waals surface area contributed by atoms with E-state index in [0.717, 1.165) is 31.1 Å². The third-order valence-electron chi connectivity index (χ3n) is 4.61. The maximum Gasteiger partial charge on any atom is 0.165 e. The first-order chi connectivity index (χ1) is 9.17. The van der Waals surface area contributed by atoms with Crippen molar-refractivity contribution < 1.29 is 9.13 Å². The number of hydrogen-bond donors (Lipinski definition) is 1. The zero-order chi connectivity index (χ0) is 13.4. The summed E-state index contributed by atoms with van der Waals surface area (Å²) >= 11 is 0. The van der Waals surface area contributed by atoms with Crippen molar-refractivity contribution in [2.24, 2.45) is 17.6 Å². The van der Waals surface area contributed by atoms with Crippen LogP contribution in [0.4, 0.5) is 4.39 Å². The number of likely N-dealkylation sites (tertiary alicyclic amines) is 1. The lowest BCUT2D eigenvalue weighted by Crippen LogP contribution is -2.30. The fourth-order valence-corrected chi connectivity index (χ4v) is 3.60. The highest BCUT2D eigenvalue weighted by molar-refractivity contribution is 5.85. The van der Waals surface area contributed by atoms with Crippen molar-refractivity contribution in [2.75, 3.05) is 20.2 Å². The molecule has 0 spiro atoms. The van der Waals surface area contributed by atoms with Gasteiger partial charge in [0.15, 0.2) is 11.6 Å². The van der Waals surface area contributed by atoms with Crippen LogP contribution in [0.1, 0.15) is 18.4 Å². The Labute approximate surface area is 125 Å². The molecule has 3 nitrogen and oxygen atoms in total. The molecule has 2 N–H and O–H groups in total. The first-order valence-corrected chi connectivity index (χ1v) is 6.97. The van der Waals surface area contributed by atoms with Crippen molar-refractivity contribution in [3.63, 3.8) is 0 Å². The molecule has 5 heteroatoms. The van der Waals surface area contributed by atoms with Gasteiger partial charge in [-0.2, -0.15) is 0 Å². The summed E-state index contributed by atoms with van der Waals surface area (Å²) in [5, 5.41) is 0. The Morgan fingerprint density at radius 3 is 2.80 bits per heavy atom. The molecule has 1 aromatic rings. The van der Waals surface area contributed by atoms with Crippen molar-refractivity contribution in [1.29, 1.82) is 0 Å². The van der Waals surface area contributed by atoms with Crippen LogP contribution in [0, 0.1) is 17.7 Å². The quantitative estimate of drug-likeness (QED) is 0.932. The Morgan fingerprint density at radius 2 is 2.15 bits per heavy atom. The summed E-state index contributed by atoms with van der Waals surface area (Å²) in [6.45, 7) is 2.96. The Bertz CT molecular complexity index is 471. The highest BCUT2D eigenvalue weighted by Crippen LogP contribution is 2.37. The minimum absolute atomic E-state index is 0. The van der Waals surface area contributed by atoms with Gasteiger partial charge in [0, 0.05) is 25.7 Å². The summed E-state index contributed by atoms with van der Waals surface area (Å²) in [5.74, 6) is 1.42. The molecule has 2 aliphatic rings. The molecular weight excluding hydrogens is 279 g/mol. The van der Waals surface area contributed by atoms with Gasteiger partial charge in [0.1, 0.15) is 0 Å². The number of rotatable bonds is 3. The number of nitrogens with zero attached hydrogens (tertiary/aromatic N) is 1. The Kier molecular flexibility index (Phi) is 4.89. The lowest BCUT2D eigenvalue weighted by molar-refractivity contribution is 0.297. The molecule has 1 saturated carbocycles. The third-order valence-corrected chi connectivity index (χ3v) is 4.61. The van der Waals surface area contributed by atoms with E-state index >= 15 is 0 Å². The maximum absolute atomic E-state index is 13.7. The number of methoxy groups -OCH3 is 1. The van der Waals surface area contributed by atoms with Crippen LogP contribution in [0.5, 0.6) is 5.75 Å². The lowest BCUT2D eigenvalue weighted by atomic mass is 9.98. The molecule has 1 aromatic carbocycles. The summed E-state index contributed by atoms with van der Waals surface area (Å²) in [5.41, 5.74) is 7.14. The van der Waals surface area contributed by atoms with Crippen LogP contribution in [0.25, 0.3) is 0 Å². The molecule has 1 aliphatic heterocycles. The number of nitrogens with two attached hydrogens (primary N) is 1. The summed E-state index contributed by atoms with van der Waals surface area (Å²) in [6.07, 6.45) is 2.42. The van der Waals surface area contributed by atoms with Gasteiger partial charge in [-0.15, -0.1) is 12.4 Å². The molecule has 0 radical (unpaired) electrons. The molecule has 112 valence electrons. The Balaban J connectivity index is 0.00000147. The predicted molar refractivity (Wildman–Crippen MR) is 79.7 cm³/mol. The fourth-order valence-electron chi connectivity index (χ4n) is 3.60. The van der Waals surface area contributed by atoms with E-state index in [1.165, 1.54) is 20.0 Å². The summed E-state index contributed by atoms with van der Waals surface area (Å²) in [7, 11) is 1.49. The van der Waals surface area contributed by atoms with E-state index in [4.69, 9.17) is 10.5 Å². The number of fused-ring (bicyclic) bond motifs is 1. The Morgan fingerprint density at radius 1 is 1.35 bits per heavy atom. The minimum atomic E-state index is -0.281. The molecule has 0 bridgehead atoms. The van der Waals surface area contributed by atoms with Gasteiger partial charge in [0.2, 0.25) is 0 Å². The van der Waals surface area contributed by atoms with Crippen molar-refractivity contribution in [3.05, 3.63) is 29.6 Å². The highest BCUT2D eigenvalue weighted by atomic mass is 35.5. The fraction of sp³-hybridized carbons (Fsp3) is 0.600. The molecule has 3 atom stereocenters. The van der Waals surface area contributed by atoms with Gasteiger partial charge in [-0.3, -0.25) is 4.90 Å². The van der Waals surface area contributed by atoms with Crippen molar-refractivity contribution in [1.82, 2.24) is 4.90 Å².